The lowest BCUT2D eigenvalue weighted by Crippen LogP contribution is -2.20. The second-order valence-corrected chi connectivity index (χ2v) is 6.13. The first kappa shape index (κ1) is 15.6. The SMILES string of the molecule is Cc1ccc(NC(=O)Nc2ccc(CN3CCCC3)cc2)cc1. The Kier molecular flexibility index (Phi) is 4.93. The standard InChI is InChI=1S/C19H23N3O/c1-15-4-8-17(9-5-15)20-19(23)21-18-10-6-16(7-11-18)14-22-12-2-3-13-22/h4-11H,2-3,12-14H2,1H3,(H2,20,21,23). The summed E-state index contributed by atoms with van der Waals surface area (Å²) in [5, 5.41) is 5.69. The molecule has 2 aromatic carbocycles. The van der Waals surface area contributed by atoms with E-state index in [-0.39, 0.29) is 6.03 Å². The molecule has 0 radical (unpaired) electrons. The van der Waals surface area contributed by atoms with E-state index in [1.54, 1.807) is 0 Å². The molecule has 1 fully saturated rings. The number of benzene rings is 2. The van der Waals surface area contributed by atoms with E-state index in [4.69, 9.17) is 0 Å². The highest BCUT2D eigenvalue weighted by Gasteiger charge is 2.11. The number of rotatable bonds is 4. The molecule has 1 saturated heterocycles. The lowest BCUT2D eigenvalue weighted by Gasteiger charge is -2.15. The lowest BCUT2D eigenvalue weighted by molar-refractivity contribution is 0.262. The zero-order valence-electron chi connectivity index (χ0n) is 13.5. The molecule has 0 saturated carbocycles. The van der Waals surface area contributed by atoms with E-state index < -0.39 is 0 Å². The van der Waals surface area contributed by atoms with Crippen molar-refractivity contribution in [1.82, 2.24) is 4.90 Å². The molecule has 3 rings (SSSR count). The van der Waals surface area contributed by atoms with Gasteiger partial charge in [0, 0.05) is 17.9 Å². The number of urea groups is 1. The number of carbonyl (C=O) groups is 1. The van der Waals surface area contributed by atoms with E-state index in [1.165, 1.54) is 37.1 Å². The van der Waals surface area contributed by atoms with Crippen LogP contribution in [0.5, 0.6) is 0 Å². The molecule has 0 aromatic heterocycles. The van der Waals surface area contributed by atoms with E-state index in [1.807, 2.05) is 43.3 Å². The minimum atomic E-state index is -0.221. The summed E-state index contributed by atoms with van der Waals surface area (Å²) in [5.41, 5.74) is 4.06. The molecule has 1 aliphatic rings. The number of hydrogen-bond donors (Lipinski definition) is 2. The maximum atomic E-state index is 12.0. The number of nitrogens with one attached hydrogen (secondary N) is 2. The second-order valence-electron chi connectivity index (χ2n) is 6.13. The Bertz CT molecular complexity index is 643. The summed E-state index contributed by atoms with van der Waals surface area (Å²) in [7, 11) is 0. The molecule has 0 aliphatic carbocycles. The maximum absolute atomic E-state index is 12.0. The molecule has 1 aliphatic heterocycles. The number of likely N-dealkylation sites (tertiary alicyclic amines) is 1. The van der Waals surface area contributed by atoms with Gasteiger partial charge >= 0.3 is 6.03 Å². The van der Waals surface area contributed by atoms with Crippen molar-refractivity contribution in [2.75, 3.05) is 23.7 Å². The fourth-order valence-electron chi connectivity index (χ4n) is 2.82. The topological polar surface area (TPSA) is 44.4 Å². The second kappa shape index (κ2) is 7.29. The monoisotopic (exact) mass is 309 g/mol. The smallest absolute Gasteiger partial charge is 0.308 e. The van der Waals surface area contributed by atoms with Gasteiger partial charge in [-0.05, 0) is 62.7 Å². The van der Waals surface area contributed by atoms with Crippen molar-refractivity contribution in [2.45, 2.75) is 26.3 Å². The van der Waals surface area contributed by atoms with Gasteiger partial charge in [0.1, 0.15) is 0 Å². The molecule has 0 unspecified atom stereocenters. The summed E-state index contributed by atoms with van der Waals surface area (Å²) in [5.74, 6) is 0. The Labute approximate surface area is 137 Å². The summed E-state index contributed by atoms with van der Waals surface area (Å²) < 4.78 is 0. The first-order chi connectivity index (χ1) is 11.2. The van der Waals surface area contributed by atoms with Gasteiger partial charge in [-0.1, -0.05) is 29.8 Å². The zero-order valence-corrected chi connectivity index (χ0v) is 13.5. The molecule has 0 bridgehead atoms. The first-order valence-corrected chi connectivity index (χ1v) is 8.15. The maximum Gasteiger partial charge on any atom is 0.323 e. The normalized spacial score (nSPS) is 14.7. The Balaban J connectivity index is 1.52. The quantitative estimate of drug-likeness (QED) is 0.887. The van der Waals surface area contributed by atoms with Crippen LogP contribution in [0.25, 0.3) is 0 Å². The molecule has 2 aromatic rings. The van der Waals surface area contributed by atoms with Gasteiger partial charge in [0.25, 0.3) is 0 Å². The minimum absolute atomic E-state index is 0.221. The summed E-state index contributed by atoms with van der Waals surface area (Å²) in [6.45, 7) is 5.40. The zero-order chi connectivity index (χ0) is 16.1. The summed E-state index contributed by atoms with van der Waals surface area (Å²) in [6.07, 6.45) is 2.61. The number of anilines is 2. The number of hydrogen-bond acceptors (Lipinski definition) is 2. The third-order valence-electron chi connectivity index (χ3n) is 4.13. The van der Waals surface area contributed by atoms with Crippen molar-refractivity contribution >= 4 is 17.4 Å². The van der Waals surface area contributed by atoms with Crippen LogP contribution in [-0.2, 0) is 6.54 Å². The van der Waals surface area contributed by atoms with Crippen molar-refractivity contribution in [1.29, 1.82) is 0 Å². The van der Waals surface area contributed by atoms with Crippen LogP contribution in [0.3, 0.4) is 0 Å². The molecule has 2 amide bonds. The fourth-order valence-corrected chi connectivity index (χ4v) is 2.82. The number of amides is 2. The Morgan fingerprint density at radius 2 is 1.43 bits per heavy atom. The predicted octanol–water partition coefficient (Wildman–Crippen LogP) is 4.23. The molecule has 4 nitrogen and oxygen atoms in total. The molecule has 120 valence electrons. The minimum Gasteiger partial charge on any atom is -0.308 e. The van der Waals surface area contributed by atoms with Crippen molar-refractivity contribution in [3.63, 3.8) is 0 Å². The highest BCUT2D eigenvalue weighted by atomic mass is 16.2. The van der Waals surface area contributed by atoms with Crippen molar-refractivity contribution in [2.24, 2.45) is 0 Å². The molecule has 0 atom stereocenters. The van der Waals surface area contributed by atoms with Gasteiger partial charge in [-0.25, -0.2) is 4.79 Å². The highest BCUT2D eigenvalue weighted by Crippen LogP contribution is 2.16. The van der Waals surface area contributed by atoms with E-state index in [0.717, 1.165) is 17.9 Å². The fraction of sp³-hybridized carbons (Fsp3) is 0.316. The average Bonchev–Trinajstić information content (AvgIpc) is 3.04. The van der Waals surface area contributed by atoms with Gasteiger partial charge in [-0.3, -0.25) is 4.90 Å². The highest BCUT2D eigenvalue weighted by molar-refractivity contribution is 5.99. The Morgan fingerprint density at radius 3 is 2.00 bits per heavy atom. The van der Waals surface area contributed by atoms with Crippen LogP contribution in [0.2, 0.25) is 0 Å². The summed E-state index contributed by atoms with van der Waals surface area (Å²) >= 11 is 0. The largest absolute Gasteiger partial charge is 0.323 e. The molecular formula is C19H23N3O. The summed E-state index contributed by atoms with van der Waals surface area (Å²) in [6, 6.07) is 15.6. The summed E-state index contributed by atoms with van der Waals surface area (Å²) in [4.78, 5) is 14.5. The molecule has 0 spiro atoms. The predicted molar refractivity (Wildman–Crippen MR) is 94.8 cm³/mol. The van der Waals surface area contributed by atoms with Crippen molar-refractivity contribution in [3.05, 3.63) is 59.7 Å². The van der Waals surface area contributed by atoms with E-state index in [9.17, 15) is 4.79 Å². The Hall–Kier alpha value is -2.33. The van der Waals surface area contributed by atoms with Crippen molar-refractivity contribution in [3.8, 4) is 0 Å². The lowest BCUT2D eigenvalue weighted by atomic mass is 10.2. The van der Waals surface area contributed by atoms with Crippen LogP contribution in [0.1, 0.15) is 24.0 Å². The van der Waals surface area contributed by atoms with Crippen LogP contribution in [0, 0.1) is 6.92 Å². The van der Waals surface area contributed by atoms with E-state index >= 15 is 0 Å². The van der Waals surface area contributed by atoms with E-state index in [0.29, 0.717) is 0 Å². The van der Waals surface area contributed by atoms with Gasteiger partial charge in [0.2, 0.25) is 0 Å². The molecule has 23 heavy (non-hydrogen) atoms. The molecule has 2 N–H and O–H groups in total. The molecule has 4 heteroatoms. The third kappa shape index (κ3) is 4.57. The Morgan fingerprint density at radius 1 is 0.913 bits per heavy atom. The average molecular weight is 309 g/mol. The van der Waals surface area contributed by atoms with Gasteiger partial charge < -0.3 is 10.6 Å². The number of carbonyl (C=O) groups excluding carboxylic acids is 1. The third-order valence-corrected chi connectivity index (χ3v) is 4.13. The van der Waals surface area contributed by atoms with Gasteiger partial charge in [0.05, 0.1) is 0 Å². The van der Waals surface area contributed by atoms with Crippen LogP contribution in [-0.4, -0.2) is 24.0 Å². The van der Waals surface area contributed by atoms with Crippen LogP contribution >= 0.6 is 0 Å². The molecular weight excluding hydrogens is 286 g/mol. The van der Waals surface area contributed by atoms with Crippen LogP contribution in [0.15, 0.2) is 48.5 Å². The van der Waals surface area contributed by atoms with Crippen LogP contribution in [0.4, 0.5) is 16.2 Å². The van der Waals surface area contributed by atoms with Gasteiger partial charge in [0.15, 0.2) is 0 Å². The van der Waals surface area contributed by atoms with Crippen LogP contribution < -0.4 is 10.6 Å². The van der Waals surface area contributed by atoms with Gasteiger partial charge in [-0.2, -0.15) is 0 Å². The first-order valence-electron chi connectivity index (χ1n) is 8.15. The number of nitrogens with zero attached hydrogens (tertiary/aromatic N) is 1. The molecule has 1 heterocycles. The van der Waals surface area contributed by atoms with E-state index in [2.05, 4.69) is 27.7 Å². The van der Waals surface area contributed by atoms with Crippen molar-refractivity contribution < 1.29 is 4.79 Å². The van der Waals surface area contributed by atoms with Gasteiger partial charge in [-0.15, -0.1) is 0 Å². The number of aryl methyl sites for hydroxylation is 1.